The lowest BCUT2D eigenvalue weighted by Crippen LogP contribution is -2.48. The predicted octanol–water partition coefficient (Wildman–Crippen LogP) is 2.66. The molecule has 0 saturated heterocycles. The van der Waals surface area contributed by atoms with E-state index in [1.807, 2.05) is 36.4 Å². The summed E-state index contributed by atoms with van der Waals surface area (Å²) in [5, 5.41) is 14.4. The number of amides is 2. The second-order valence-corrected chi connectivity index (χ2v) is 8.14. The van der Waals surface area contributed by atoms with Gasteiger partial charge in [-0.3, -0.25) is 4.79 Å². The molecule has 2 aliphatic rings. The summed E-state index contributed by atoms with van der Waals surface area (Å²) in [5.41, 5.74) is 3.39. The number of rotatable bonds is 9. The first-order valence-corrected chi connectivity index (χ1v) is 10.6. The van der Waals surface area contributed by atoms with E-state index in [4.69, 9.17) is 9.47 Å². The van der Waals surface area contributed by atoms with Crippen LogP contribution < -0.4 is 10.6 Å². The fourth-order valence-electron chi connectivity index (χ4n) is 4.14. The Balaban J connectivity index is 1.27. The maximum atomic E-state index is 12.3. The zero-order valence-electron chi connectivity index (χ0n) is 17.8. The summed E-state index contributed by atoms with van der Waals surface area (Å²) >= 11 is 0. The normalized spacial score (nSPS) is 16.4. The molecule has 2 aliphatic carbocycles. The molecule has 0 aromatic heterocycles. The molecule has 0 aliphatic heterocycles. The predicted molar refractivity (Wildman–Crippen MR) is 116 cm³/mol. The molecule has 1 fully saturated rings. The summed E-state index contributed by atoms with van der Waals surface area (Å²) in [4.78, 5) is 35.8. The minimum Gasteiger partial charge on any atom is -0.480 e. The molecule has 8 heteroatoms. The van der Waals surface area contributed by atoms with E-state index in [1.54, 1.807) is 0 Å². The van der Waals surface area contributed by atoms with Crippen LogP contribution >= 0.6 is 0 Å². The van der Waals surface area contributed by atoms with Gasteiger partial charge in [-0.1, -0.05) is 48.5 Å². The SMILES string of the molecule is COC(CCNC(=O)OCC1c2ccccc2-c2ccccc21)C(=O)NC1(C(=O)O)CC1. The van der Waals surface area contributed by atoms with Crippen LogP contribution in [-0.2, 0) is 19.1 Å². The zero-order chi connectivity index (χ0) is 22.7. The fraction of sp³-hybridized carbons (Fsp3) is 0.375. The summed E-state index contributed by atoms with van der Waals surface area (Å²) in [6, 6.07) is 16.2. The van der Waals surface area contributed by atoms with Crippen LogP contribution in [0, 0.1) is 0 Å². The number of hydrogen-bond donors (Lipinski definition) is 3. The third kappa shape index (κ3) is 4.31. The van der Waals surface area contributed by atoms with Gasteiger partial charge in [0, 0.05) is 26.0 Å². The standard InChI is InChI=1S/C24H26N2O6/c1-31-20(21(27)26-24(11-12-24)22(28)29)10-13-25-23(30)32-14-19-17-8-4-2-6-15(17)16-7-3-5-9-18(16)19/h2-9,19-20H,10-14H2,1H3,(H,25,30)(H,26,27)(H,28,29). The molecule has 0 spiro atoms. The topological polar surface area (TPSA) is 114 Å². The van der Waals surface area contributed by atoms with E-state index in [-0.39, 0.29) is 25.5 Å². The van der Waals surface area contributed by atoms with Gasteiger partial charge in [-0.15, -0.1) is 0 Å². The number of carboxylic acid groups (broad SMARTS) is 1. The lowest BCUT2D eigenvalue weighted by molar-refractivity contribution is -0.145. The lowest BCUT2D eigenvalue weighted by atomic mass is 9.98. The van der Waals surface area contributed by atoms with E-state index in [2.05, 4.69) is 22.8 Å². The summed E-state index contributed by atoms with van der Waals surface area (Å²) in [6.07, 6.45) is -0.431. The highest BCUT2D eigenvalue weighted by molar-refractivity contribution is 5.91. The van der Waals surface area contributed by atoms with Gasteiger partial charge in [0.05, 0.1) is 0 Å². The van der Waals surface area contributed by atoms with Gasteiger partial charge >= 0.3 is 12.1 Å². The van der Waals surface area contributed by atoms with Crippen LogP contribution in [0.3, 0.4) is 0 Å². The maximum Gasteiger partial charge on any atom is 0.407 e. The number of ether oxygens (including phenoxy) is 2. The molecule has 168 valence electrons. The molecule has 0 bridgehead atoms. The Hall–Kier alpha value is -3.39. The number of benzene rings is 2. The second kappa shape index (κ2) is 9.00. The zero-order valence-corrected chi connectivity index (χ0v) is 17.8. The molecular weight excluding hydrogens is 412 g/mol. The van der Waals surface area contributed by atoms with Gasteiger partial charge in [-0.2, -0.15) is 0 Å². The number of alkyl carbamates (subject to hydrolysis) is 1. The van der Waals surface area contributed by atoms with E-state index in [1.165, 1.54) is 7.11 Å². The van der Waals surface area contributed by atoms with Crippen molar-refractivity contribution in [2.75, 3.05) is 20.3 Å². The average molecular weight is 438 g/mol. The Morgan fingerprint density at radius 2 is 1.66 bits per heavy atom. The molecule has 3 N–H and O–H groups in total. The highest BCUT2D eigenvalue weighted by atomic mass is 16.5. The number of nitrogens with one attached hydrogen (secondary N) is 2. The van der Waals surface area contributed by atoms with Crippen molar-refractivity contribution in [2.45, 2.75) is 36.8 Å². The van der Waals surface area contributed by atoms with Crippen molar-refractivity contribution in [3.63, 3.8) is 0 Å². The Labute approximate surface area is 185 Å². The van der Waals surface area contributed by atoms with Gasteiger partial charge in [0.2, 0.25) is 5.91 Å². The number of aliphatic carboxylic acids is 1. The molecule has 2 amide bonds. The summed E-state index contributed by atoms with van der Waals surface area (Å²) in [6.45, 7) is 0.359. The minimum absolute atomic E-state index is 0.0311. The fourth-order valence-corrected chi connectivity index (χ4v) is 4.14. The van der Waals surface area contributed by atoms with Gasteiger partial charge < -0.3 is 25.2 Å². The smallest absolute Gasteiger partial charge is 0.407 e. The summed E-state index contributed by atoms with van der Waals surface area (Å²) in [5.74, 6) is -1.57. The van der Waals surface area contributed by atoms with Crippen molar-refractivity contribution in [3.05, 3.63) is 59.7 Å². The van der Waals surface area contributed by atoms with Crippen LogP contribution in [0.15, 0.2) is 48.5 Å². The molecule has 1 saturated carbocycles. The number of carbonyl (C=O) groups excluding carboxylic acids is 2. The van der Waals surface area contributed by atoms with Gasteiger partial charge in [0.1, 0.15) is 18.2 Å². The Morgan fingerprint density at radius 3 is 2.19 bits per heavy atom. The lowest BCUT2D eigenvalue weighted by Gasteiger charge is -2.19. The molecule has 0 radical (unpaired) electrons. The van der Waals surface area contributed by atoms with E-state index in [0.717, 1.165) is 22.3 Å². The van der Waals surface area contributed by atoms with Gasteiger partial charge in [0.25, 0.3) is 0 Å². The number of methoxy groups -OCH3 is 1. The van der Waals surface area contributed by atoms with Crippen molar-refractivity contribution in [2.24, 2.45) is 0 Å². The monoisotopic (exact) mass is 438 g/mol. The van der Waals surface area contributed by atoms with Crippen molar-refractivity contribution < 1.29 is 29.0 Å². The molecule has 1 atom stereocenters. The number of hydrogen-bond acceptors (Lipinski definition) is 5. The maximum absolute atomic E-state index is 12.3. The van der Waals surface area contributed by atoms with Crippen LogP contribution in [0.4, 0.5) is 4.79 Å². The summed E-state index contributed by atoms with van der Waals surface area (Å²) < 4.78 is 10.6. The van der Waals surface area contributed by atoms with Crippen molar-refractivity contribution in [1.29, 1.82) is 0 Å². The van der Waals surface area contributed by atoms with E-state index >= 15 is 0 Å². The van der Waals surface area contributed by atoms with Gasteiger partial charge in [-0.05, 0) is 35.1 Å². The van der Waals surface area contributed by atoms with Gasteiger partial charge in [-0.25, -0.2) is 9.59 Å². The minimum atomic E-state index is -1.17. The van der Waals surface area contributed by atoms with Crippen molar-refractivity contribution in [1.82, 2.24) is 10.6 Å². The van der Waals surface area contributed by atoms with Crippen LogP contribution in [0.25, 0.3) is 11.1 Å². The number of carbonyl (C=O) groups is 3. The Morgan fingerprint density at radius 1 is 1.06 bits per heavy atom. The molecule has 4 rings (SSSR count). The Bertz CT molecular complexity index is 987. The first kappa shape index (κ1) is 21.8. The van der Waals surface area contributed by atoms with E-state index in [9.17, 15) is 19.5 Å². The molecular formula is C24H26N2O6. The first-order valence-electron chi connectivity index (χ1n) is 10.6. The van der Waals surface area contributed by atoms with Gasteiger partial charge in [0.15, 0.2) is 0 Å². The highest BCUT2D eigenvalue weighted by Gasteiger charge is 2.52. The van der Waals surface area contributed by atoms with Crippen LogP contribution in [0.2, 0.25) is 0 Å². The largest absolute Gasteiger partial charge is 0.480 e. The molecule has 1 unspecified atom stereocenters. The third-order valence-electron chi connectivity index (χ3n) is 6.12. The average Bonchev–Trinajstić information content (AvgIpc) is 3.51. The molecule has 32 heavy (non-hydrogen) atoms. The van der Waals surface area contributed by atoms with Crippen LogP contribution in [0.5, 0.6) is 0 Å². The third-order valence-corrected chi connectivity index (χ3v) is 6.12. The molecule has 2 aromatic carbocycles. The van der Waals surface area contributed by atoms with Crippen molar-refractivity contribution >= 4 is 18.0 Å². The molecule has 8 nitrogen and oxygen atoms in total. The van der Waals surface area contributed by atoms with E-state index < -0.39 is 29.6 Å². The van der Waals surface area contributed by atoms with Crippen LogP contribution in [-0.4, -0.2) is 55.0 Å². The quantitative estimate of drug-likeness (QED) is 0.555. The first-order chi connectivity index (χ1) is 15.4. The number of fused-ring (bicyclic) bond motifs is 3. The highest BCUT2D eigenvalue weighted by Crippen LogP contribution is 2.44. The molecule has 2 aromatic rings. The summed E-state index contributed by atoms with van der Waals surface area (Å²) in [7, 11) is 1.37. The van der Waals surface area contributed by atoms with E-state index in [0.29, 0.717) is 12.8 Å². The number of carboxylic acids is 1. The second-order valence-electron chi connectivity index (χ2n) is 8.14. The van der Waals surface area contributed by atoms with Crippen LogP contribution in [0.1, 0.15) is 36.3 Å². The molecule has 0 heterocycles. The van der Waals surface area contributed by atoms with Crippen molar-refractivity contribution in [3.8, 4) is 11.1 Å². The Kier molecular flexibility index (Phi) is 6.14.